The van der Waals surface area contributed by atoms with Crippen LogP contribution in [0.2, 0.25) is 0 Å². The highest BCUT2D eigenvalue weighted by Crippen LogP contribution is 2.45. The van der Waals surface area contributed by atoms with E-state index in [2.05, 4.69) is 119 Å². The van der Waals surface area contributed by atoms with E-state index >= 15 is 0 Å². The number of hydrogen-bond acceptors (Lipinski definition) is 0. The number of aromatic amines is 2. The van der Waals surface area contributed by atoms with Crippen LogP contribution in [0, 0.1) is 0 Å². The van der Waals surface area contributed by atoms with Crippen LogP contribution in [0.25, 0.3) is 55.4 Å². The normalized spacial score (nSPS) is 11.3. The average Bonchev–Trinajstić information content (AvgIpc) is 3.38. The molecule has 0 fully saturated rings. The van der Waals surface area contributed by atoms with Crippen molar-refractivity contribution in [2.45, 2.75) is 0 Å². The van der Waals surface area contributed by atoms with Crippen molar-refractivity contribution >= 4 is 21.8 Å². The Hall–Kier alpha value is -4.04. The third-order valence-corrected chi connectivity index (χ3v) is 5.79. The number of nitrogens with one attached hydrogen (secondary N) is 2. The lowest BCUT2D eigenvalue weighted by Gasteiger charge is -2.09. The van der Waals surface area contributed by atoms with Crippen LogP contribution in [0.5, 0.6) is 0 Å². The van der Waals surface area contributed by atoms with Gasteiger partial charge in [-0.15, -0.1) is 0 Å². The van der Waals surface area contributed by atoms with E-state index in [1.54, 1.807) is 0 Å². The number of benzene rings is 4. The topological polar surface area (TPSA) is 31.6 Å². The third kappa shape index (κ3) is 2.58. The first kappa shape index (κ1) is 16.9. The number of H-pyrrole nitrogens is 2. The zero-order chi connectivity index (χ0) is 19.9. The van der Waals surface area contributed by atoms with E-state index in [0.29, 0.717) is 0 Å². The summed E-state index contributed by atoms with van der Waals surface area (Å²) in [5, 5.41) is 2.47. The Morgan fingerprint density at radius 1 is 0.367 bits per heavy atom. The molecule has 2 aromatic heterocycles. The molecule has 0 aliphatic carbocycles. The number of para-hydroxylation sites is 2. The Morgan fingerprint density at radius 3 is 1.17 bits per heavy atom. The summed E-state index contributed by atoms with van der Waals surface area (Å²) < 4.78 is 0. The van der Waals surface area contributed by atoms with Crippen LogP contribution in [-0.4, -0.2) is 9.97 Å². The van der Waals surface area contributed by atoms with Gasteiger partial charge in [0.1, 0.15) is 0 Å². The standard InChI is InChI=1S/C28H20N2/c1-3-11-19(12-4-1)27-25(21-15-7-9-17-23(21)29-27)26-22-16-8-10-18-24(22)30-28(26)20-13-5-2-6-14-20/h1-18,29-30H. The zero-order valence-corrected chi connectivity index (χ0v) is 16.4. The van der Waals surface area contributed by atoms with Crippen molar-refractivity contribution in [3.63, 3.8) is 0 Å². The second-order valence-corrected chi connectivity index (χ2v) is 7.57. The van der Waals surface area contributed by atoms with Crippen molar-refractivity contribution in [1.29, 1.82) is 0 Å². The van der Waals surface area contributed by atoms with Crippen molar-refractivity contribution < 1.29 is 0 Å². The van der Waals surface area contributed by atoms with Crippen LogP contribution in [-0.2, 0) is 0 Å². The fourth-order valence-electron chi connectivity index (χ4n) is 4.45. The molecular weight excluding hydrogens is 364 g/mol. The molecule has 30 heavy (non-hydrogen) atoms. The zero-order valence-electron chi connectivity index (χ0n) is 16.4. The van der Waals surface area contributed by atoms with E-state index in [9.17, 15) is 0 Å². The Kier molecular flexibility index (Phi) is 3.82. The number of aromatic nitrogens is 2. The predicted molar refractivity (Wildman–Crippen MR) is 126 cm³/mol. The van der Waals surface area contributed by atoms with Crippen LogP contribution in [0.3, 0.4) is 0 Å². The van der Waals surface area contributed by atoms with Crippen molar-refractivity contribution in [3.05, 3.63) is 109 Å². The quantitative estimate of drug-likeness (QED) is 0.314. The molecule has 2 nitrogen and oxygen atoms in total. The van der Waals surface area contributed by atoms with Crippen LogP contribution >= 0.6 is 0 Å². The summed E-state index contributed by atoms with van der Waals surface area (Å²) in [4.78, 5) is 7.40. The number of fused-ring (bicyclic) bond motifs is 2. The minimum atomic E-state index is 1.15. The SMILES string of the molecule is c1ccc(-c2[nH]c3ccccc3c2-c2c(-c3ccccc3)[nH]c3ccccc23)cc1. The molecule has 2 N–H and O–H groups in total. The molecule has 0 saturated heterocycles. The maximum Gasteiger partial charge on any atom is 0.0545 e. The minimum absolute atomic E-state index is 1.15. The molecule has 6 aromatic rings. The summed E-state index contributed by atoms with van der Waals surface area (Å²) in [5.74, 6) is 0. The molecule has 2 heterocycles. The lowest BCUT2D eigenvalue weighted by molar-refractivity contribution is 1.44. The first-order valence-electron chi connectivity index (χ1n) is 10.2. The van der Waals surface area contributed by atoms with Crippen LogP contribution in [0.1, 0.15) is 0 Å². The molecule has 6 rings (SSSR count). The van der Waals surface area contributed by atoms with Gasteiger partial charge in [-0.3, -0.25) is 0 Å². The smallest absolute Gasteiger partial charge is 0.0545 e. The van der Waals surface area contributed by atoms with E-state index in [1.165, 1.54) is 33.0 Å². The average molecular weight is 384 g/mol. The van der Waals surface area contributed by atoms with Gasteiger partial charge in [0, 0.05) is 32.9 Å². The highest BCUT2D eigenvalue weighted by molar-refractivity contribution is 6.14. The van der Waals surface area contributed by atoms with E-state index in [0.717, 1.165) is 22.4 Å². The second-order valence-electron chi connectivity index (χ2n) is 7.57. The summed E-state index contributed by atoms with van der Waals surface area (Å²) in [5.41, 5.74) is 9.46. The fourth-order valence-corrected chi connectivity index (χ4v) is 4.45. The lowest BCUT2D eigenvalue weighted by atomic mass is 9.94. The summed E-state index contributed by atoms with van der Waals surface area (Å²) in [6, 6.07) is 38.3. The Balaban J connectivity index is 1.77. The van der Waals surface area contributed by atoms with Crippen molar-refractivity contribution in [2.24, 2.45) is 0 Å². The molecule has 0 amide bonds. The number of hydrogen-bond donors (Lipinski definition) is 2. The molecular formula is C28H20N2. The van der Waals surface area contributed by atoms with Gasteiger partial charge in [0.2, 0.25) is 0 Å². The Labute approximate surface area is 174 Å². The molecule has 0 spiro atoms. The summed E-state index contributed by atoms with van der Waals surface area (Å²) in [6.45, 7) is 0. The van der Waals surface area contributed by atoms with Gasteiger partial charge < -0.3 is 9.97 Å². The molecule has 0 bridgehead atoms. The maximum atomic E-state index is 3.70. The van der Waals surface area contributed by atoms with Gasteiger partial charge in [-0.25, -0.2) is 0 Å². The second kappa shape index (κ2) is 6.78. The molecule has 0 aliphatic rings. The Bertz CT molecular complexity index is 1360. The fraction of sp³-hybridized carbons (Fsp3) is 0. The van der Waals surface area contributed by atoms with Crippen molar-refractivity contribution in [2.75, 3.05) is 0 Å². The summed E-state index contributed by atoms with van der Waals surface area (Å²) in [7, 11) is 0. The third-order valence-electron chi connectivity index (χ3n) is 5.79. The highest BCUT2D eigenvalue weighted by atomic mass is 14.8. The largest absolute Gasteiger partial charge is 0.354 e. The molecule has 2 heteroatoms. The summed E-state index contributed by atoms with van der Waals surface area (Å²) >= 11 is 0. The predicted octanol–water partition coefficient (Wildman–Crippen LogP) is 7.65. The molecule has 0 aliphatic heterocycles. The van der Waals surface area contributed by atoms with Crippen LogP contribution < -0.4 is 0 Å². The van der Waals surface area contributed by atoms with Crippen LogP contribution in [0.4, 0.5) is 0 Å². The van der Waals surface area contributed by atoms with E-state index in [1.807, 2.05) is 0 Å². The van der Waals surface area contributed by atoms with Crippen LogP contribution in [0.15, 0.2) is 109 Å². The molecule has 0 radical (unpaired) electrons. The minimum Gasteiger partial charge on any atom is -0.354 e. The monoisotopic (exact) mass is 384 g/mol. The molecule has 4 aromatic carbocycles. The van der Waals surface area contributed by atoms with Gasteiger partial charge in [-0.05, 0) is 23.3 Å². The lowest BCUT2D eigenvalue weighted by Crippen LogP contribution is -1.86. The number of rotatable bonds is 3. The first-order chi connectivity index (χ1) is 14.9. The van der Waals surface area contributed by atoms with Gasteiger partial charge in [0.25, 0.3) is 0 Å². The maximum absolute atomic E-state index is 3.70. The first-order valence-corrected chi connectivity index (χ1v) is 10.2. The molecule has 0 unspecified atom stereocenters. The molecule has 0 atom stereocenters. The van der Waals surface area contributed by atoms with Crippen molar-refractivity contribution in [1.82, 2.24) is 9.97 Å². The van der Waals surface area contributed by atoms with Gasteiger partial charge in [0.05, 0.1) is 11.4 Å². The molecule has 142 valence electrons. The van der Waals surface area contributed by atoms with E-state index in [-0.39, 0.29) is 0 Å². The Morgan fingerprint density at radius 2 is 0.733 bits per heavy atom. The molecule has 0 saturated carbocycles. The highest BCUT2D eigenvalue weighted by Gasteiger charge is 2.22. The van der Waals surface area contributed by atoms with Gasteiger partial charge in [0.15, 0.2) is 0 Å². The van der Waals surface area contributed by atoms with E-state index < -0.39 is 0 Å². The summed E-state index contributed by atoms with van der Waals surface area (Å²) in [6.07, 6.45) is 0. The van der Waals surface area contributed by atoms with Crippen molar-refractivity contribution in [3.8, 4) is 33.6 Å². The van der Waals surface area contributed by atoms with E-state index in [4.69, 9.17) is 0 Å². The van der Waals surface area contributed by atoms with Gasteiger partial charge >= 0.3 is 0 Å². The van der Waals surface area contributed by atoms with Gasteiger partial charge in [-0.2, -0.15) is 0 Å². The van der Waals surface area contributed by atoms with Gasteiger partial charge in [-0.1, -0.05) is 97.1 Å².